The van der Waals surface area contributed by atoms with Crippen molar-refractivity contribution < 1.29 is 4.74 Å². The van der Waals surface area contributed by atoms with Crippen LogP contribution in [0.2, 0.25) is 0 Å². The van der Waals surface area contributed by atoms with Gasteiger partial charge in [-0.1, -0.05) is 6.07 Å². The molecule has 3 heteroatoms. The molecule has 14 heavy (non-hydrogen) atoms. The standard InChI is InChI=1S/C11H18N2O/c1-10(12-8-5-9-14-2)11-6-3-4-7-13-11/h3-4,6-7,10,12H,5,8-9H2,1-2H3. The third kappa shape index (κ3) is 3.85. The van der Waals surface area contributed by atoms with Crippen LogP contribution in [0.15, 0.2) is 24.4 Å². The molecular weight excluding hydrogens is 176 g/mol. The van der Waals surface area contributed by atoms with Gasteiger partial charge in [0, 0.05) is 26.0 Å². The third-order valence-corrected chi connectivity index (χ3v) is 2.11. The second-order valence-electron chi connectivity index (χ2n) is 3.28. The second kappa shape index (κ2) is 6.51. The number of rotatable bonds is 6. The maximum Gasteiger partial charge on any atom is 0.0570 e. The molecule has 1 heterocycles. The van der Waals surface area contributed by atoms with Gasteiger partial charge in [0.25, 0.3) is 0 Å². The minimum atomic E-state index is 0.313. The largest absolute Gasteiger partial charge is 0.385 e. The molecule has 0 aliphatic heterocycles. The van der Waals surface area contributed by atoms with Crippen molar-refractivity contribution >= 4 is 0 Å². The van der Waals surface area contributed by atoms with Crippen molar-refractivity contribution in [2.24, 2.45) is 0 Å². The summed E-state index contributed by atoms with van der Waals surface area (Å²) >= 11 is 0. The van der Waals surface area contributed by atoms with Gasteiger partial charge in [-0.3, -0.25) is 4.98 Å². The highest BCUT2D eigenvalue weighted by atomic mass is 16.5. The van der Waals surface area contributed by atoms with E-state index >= 15 is 0 Å². The average molecular weight is 194 g/mol. The zero-order valence-electron chi connectivity index (χ0n) is 8.86. The van der Waals surface area contributed by atoms with Gasteiger partial charge in [-0.25, -0.2) is 0 Å². The lowest BCUT2D eigenvalue weighted by Gasteiger charge is -2.12. The van der Waals surface area contributed by atoms with Crippen LogP contribution in [0.5, 0.6) is 0 Å². The van der Waals surface area contributed by atoms with Crippen molar-refractivity contribution in [1.29, 1.82) is 0 Å². The Morgan fingerprint density at radius 1 is 1.50 bits per heavy atom. The summed E-state index contributed by atoms with van der Waals surface area (Å²) < 4.78 is 4.97. The summed E-state index contributed by atoms with van der Waals surface area (Å²) in [7, 11) is 1.72. The lowest BCUT2D eigenvalue weighted by atomic mass is 10.2. The highest BCUT2D eigenvalue weighted by Gasteiger charge is 2.03. The Bertz CT molecular complexity index is 238. The van der Waals surface area contributed by atoms with E-state index in [0.717, 1.165) is 25.3 Å². The van der Waals surface area contributed by atoms with E-state index in [2.05, 4.69) is 17.2 Å². The summed E-state index contributed by atoms with van der Waals surface area (Å²) in [6, 6.07) is 6.29. The molecule has 1 atom stereocenters. The minimum Gasteiger partial charge on any atom is -0.385 e. The second-order valence-corrected chi connectivity index (χ2v) is 3.28. The Morgan fingerprint density at radius 3 is 3.00 bits per heavy atom. The zero-order valence-corrected chi connectivity index (χ0v) is 8.86. The predicted molar refractivity (Wildman–Crippen MR) is 57.1 cm³/mol. The molecule has 0 saturated carbocycles. The molecule has 0 amide bonds. The third-order valence-electron chi connectivity index (χ3n) is 2.11. The molecule has 1 aromatic heterocycles. The topological polar surface area (TPSA) is 34.1 Å². The van der Waals surface area contributed by atoms with Gasteiger partial charge in [0.1, 0.15) is 0 Å². The average Bonchev–Trinajstić information content (AvgIpc) is 2.25. The van der Waals surface area contributed by atoms with E-state index in [4.69, 9.17) is 4.74 Å². The summed E-state index contributed by atoms with van der Waals surface area (Å²) in [4.78, 5) is 4.28. The van der Waals surface area contributed by atoms with Crippen LogP contribution in [0.1, 0.15) is 25.1 Å². The van der Waals surface area contributed by atoms with Crippen molar-refractivity contribution in [3.63, 3.8) is 0 Å². The number of hydrogen-bond acceptors (Lipinski definition) is 3. The Morgan fingerprint density at radius 2 is 2.36 bits per heavy atom. The summed E-state index contributed by atoms with van der Waals surface area (Å²) in [5.41, 5.74) is 1.09. The summed E-state index contributed by atoms with van der Waals surface area (Å²) in [6.07, 6.45) is 2.86. The van der Waals surface area contributed by atoms with Crippen LogP contribution in [0.25, 0.3) is 0 Å². The molecule has 1 N–H and O–H groups in total. The zero-order chi connectivity index (χ0) is 10.2. The number of nitrogens with zero attached hydrogens (tertiary/aromatic N) is 1. The quantitative estimate of drug-likeness (QED) is 0.701. The fourth-order valence-electron chi connectivity index (χ4n) is 1.27. The van der Waals surface area contributed by atoms with Crippen molar-refractivity contribution in [3.8, 4) is 0 Å². The molecule has 0 radical (unpaired) electrons. The molecule has 1 unspecified atom stereocenters. The Balaban J connectivity index is 2.25. The van der Waals surface area contributed by atoms with Crippen LogP contribution in [0, 0.1) is 0 Å². The smallest absolute Gasteiger partial charge is 0.0570 e. The maximum absolute atomic E-state index is 4.97. The first-order valence-corrected chi connectivity index (χ1v) is 4.98. The summed E-state index contributed by atoms with van der Waals surface area (Å²) in [6.45, 7) is 3.89. The van der Waals surface area contributed by atoms with E-state index in [1.54, 1.807) is 7.11 Å². The van der Waals surface area contributed by atoms with Gasteiger partial charge in [-0.05, 0) is 32.0 Å². The molecule has 0 spiro atoms. The minimum absolute atomic E-state index is 0.313. The van der Waals surface area contributed by atoms with Crippen LogP contribution in [0.3, 0.4) is 0 Å². The molecule has 0 aliphatic carbocycles. The number of aromatic nitrogens is 1. The fourth-order valence-corrected chi connectivity index (χ4v) is 1.27. The van der Waals surface area contributed by atoms with E-state index < -0.39 is 0 Å². The summed E-state index contributed by atoms with van der Waals surface area (Å²) in [5, 5.41) is 3.39. The number of nitrogens with one attached hydrogen (secondary N) is 1. The van der Waals surface area contributed by atoms with Gasteiger partial charge in [0.15, 0.2) is 0 Å². The molecular formula is C11H18N2O. The Hall–Kier alpha value is -0.930. The van der Waals surface area contributed by atoms with Crippen molar-refractivity contribution in [1.82, 2.24) is 10.3 Å². The van der Waals surface area contributed by atoms with Crippen LogP contribution in [-0.4, -0.2) is 25.2 Å². The number of ether oxygens (including phenoxy) is 1. The van der Waals surface area contributed by atoms with Gasteiger partial charge in [-0.15, -0.1) is 0 Å². The SMILES string of the molecule is COCCCNC(C)c1ccccn1. The fraction of sp³-hybridized carbons (Fsp3) is 0.545. The van der Waals surface area contributed by atoms with Crippen LogP contribution in [-0.2, 0) is 4.74 Å². The molecule has 78 valence electrons. The van der Waals surface area contributed by atoms with Crippen LogP contribution in [0.4, 0.5) is 0 Å². The van der Waals surface area contributed by atoms with E-state index in [-0.39, 0.29) is 0 Å². The highest BCUT2D eigenvalue weighted by molar-refractivity contribution is 5.07. The van der Waals surface area contributed by atoms with Crippen LogP contribution < -0.4 is 5.32 Å². The van der Waals surface area contributed by atoms with Crippen molar-refractivity contribution in [2.75, 3.05) is 20.3 Å². The van der Waals surface area contributed by atoms with Gasteiger partial charge in [0.2, 0.25) is 0 Å². The van der Waals surface area contributed by atoms with Gasteiger partial charge >= 0.3 is 0 Å². The van der Waals surface area contributed by atoms with E-state index in [1.807, 2.05) is 24.4 Å². The molecule has 0 aromatic carbocycles. The lowest BCUT2D eigenvalue weighted by Crippen LogP contribution is -2.21. The number of methoxy groups -OCH3 is 1. The van der Waals surface area contributed by atoms with Crippen molar-refractivity contribution in [2.45, 2.75) is 19.4 Å². The number of pyridine rings is 1. The van der Waals surface area contributed by atoms with E-state index in [9.17, 15) is 0 Å². The molecule has 0 fully saturated rings. The molecule has 1 aromatic rings. The maximum atomic E-state index is 4.97. The van der Waals surface area contributed by atoms with Gasteiger partial charge in [-0.2, -0.15) is 0 Å². The normalized spacial score (nSPS) is 12.7. The monoisotopic (exact) mass is 194 g/mol. The predicted octanol–water partition coefficient (Wildman–Crippen LogP) is 1.77. The van der Waals surface area contributed by atoms with Gasteiger partial charge in [0.05, 0.1) is 5.69 Å². The first-order valence-electron chi connectivity index (χ1n) is 4.98. The highest BCUT2D eigenvalue weighted by Crippen LogP contribution is 2.06. The van der Waals surface area contributed by atoms with Crippen molar-refractivity contribution in [3.05, 3.63) is 30.1 Å². The molecule has 0 bridgehead atoms. The number of hydrogen-bond donors (Lipinski definition) is 1. The molecule has 0 aliphatic rings. The van der Waals surface area contributed by atoms with E-state index in [1.165, 1.54) is 0 Å². The molecule has 3 nitrogen and oxygen atoms in total. The first-order chi connectivity index (χ1) is 6.84. The Kier molecular flexibility index (Phi) is 5.19. The van der Waals surface area contributed by atoms with E-state index in [0.29, 0.717) is 6.04 Å². The first kappa shape index (κ1) is 11.1. The van der Waals surface area contributed by atoms with Gasteiger partial charge < -0.3 is 10.1 Å². The van der Waals surface area contributed by atoms with Crippen LogP contribution >= 0.6 is 0 Å². The lowest BCUT2D eigenvalue weighted by molar-refractivity contribution is 0.193. The molecule has 1 rings (SSSR count). The molecule has 0 saturated heterocycles. The summed E-state index contributed by atoms with van der Waals surface area (Å²) in [5.74, 6) is 0. The Labute approximate surface area is 85.5 Å².